The van der Waals surface area contributed by atoms with E-state index in [1.165, 1.54) is 32.1 Å². The average Bonchev–Trinajstić information content (AvgIpc) is 2.29. The fourth-order valence-electron chi connectivity index (χ4n) is 3.19. The highest BCUT2D eigenvalue weighted by atomic mass is 16.5. The van der Waals surface area contributed by atoms with E-state index in [2.05, 4.69) is 13.8 Å². The van der Waals surface area contributed by atoms with Gasteiger partial charge in [-0.25, -0.2) is 0 Å². The summed E-state index contributed by atoms with van der Waals surface area (Å²) in [4.78, 5) is 0. The molecule has 2 nitrogen and oxygen atoms in total. The van der Waals surface area contributed by atoms with Crippen LogP contribution < -0.4 is 0 Å². The normalized spacial score (nSPS) is 30.0. The minimum atomic E-state index is -0.115. The molecule has 0 aromatic carbocycles. The monoisotopic (exact) mass is 228 g/mol. The number of aliphatic hydroxyl groups is 1. The van der Waals surface area contributed by atoms with Crippen LogP contribution in [0.15, 0.2) is 0 Å². The summed E-state index contributed by atoms with van der Waals surface area (Å²) in [5.41, 5.74) is 0. The van der Waals surface area contributed by atoms with Crippen LogP contribution in [-0.4, -0.2) is 24.9 Å². The van der Waals surface area contributed by atoms with E-state index in [0.717, 1.165) is 18.9 Å². The zero-order valence-corrected chi connectivity index (χ0v) is 11.1. The third-order valence-corrected chi connectivity index (χ3v) is 4.08. The standard InChI is InChI=1S/C14H28O2/c1-4-12-7-5-6-8-13(12)14(15)9-11(2)10-16-3/h11-15H,4-10H2,1-3H3. The molecule has 0 saturated heterocycles. The van der Waals surface area contributed by atoms with E-state index in [9.17, 15) is 5.11 Å². The van der Waals surface area contributed by atoms with Crippen LogP contribution >= 0.6 is 0 Å². The van der Waals surface area contributed by atoms with Crippen LogP contribution in [0, 0.1) is 17.8 Å². The smallest absolute Gasteiger partial charge is 0.0574 e. The van der Waals surface area contributed by atoms with Crippen LogP contribution in [0.5, 0.6) is 0 Å². The van der Waals surface area contributed by atoms with E-state index in [1.54, 1.807) is 7.11 Å². The van der Waals surface area contributed by atoms with E-state index >= 15 is 0 Å². The minimum Gasteiger partial charge on any atom is -0.393 e. The van der Waals surface area contributed by atoms with Crippen molar-refractivity contribution in [3.05, 3.63) is 0 Å². The van der Waals surface area contributed by atoms with Crippen molar-refractivity contribution < 1.29 is 9.84 Å². The predicted molar refractivity (Wildman–Crippen MR) is 67.4 cm³/mol. The van der Waals surface area contributed by atoms with Crippen molar-refractivity contribution in [2.24, 2.45) is 17.8 Å². The second-order valence-corrected chi connectivity index (χ2v) is 5.48. The highest BCUT2D eigenvalue weighted by Gasteiger charge is 2.30. The lowest BCUT2D eigenvalue weighted by atomic mass is 9.73. The number of ether oxygens (including phenoxy) is 1. The molecule has 16 heavy (non-hydrogen) atoms. The first-order chi connectivity index (χ1) is 7.69. The number of hydrogen-bond donors (Lipinski definition) is 1. The molecule has 0 radical (unpaired) electrons. The molecule has 96 valence electrons. The molecule has 0 aromatic rings. The zero-order valence-electron chi connectivity index (χ0n) is 11.1. The molecule has 0 spiro atoms. The van der Waals surface area contributed by atoms with Gasteiger partial charge in [0.1, 0.15) is 0 Å². The summed E-state index contributed by atoms with van der Waals surface area (Å²) in [7, 11) is 1.73. The topological polar surface area (TPSA) is 29.5 Å². The van der Waals surface area contributed by atoms with Crippen molar-refractivity contribution in [3.63, 3.8) is 0 Å². The van der Waals surface area contributed by atoms with E-state index in [0.29, 0.717) is 11.8 Å². The third-order valence-electron chi connectivity index (χ3n) is 4.08. The van der Waals surface area contributed by atoms with Crippen LogP contribution in [0.3, 0.4) is 0 Å². The van der Waals surface area contributed by atoms with Gasteiger partial charge in [0.25, 0.3) is 0 Å². The SMILES string of the molecule is CCC1CCCCC1C(O)CC(C)COC. The molecule has 1 aliphatic rings. The van der Waals surface area contributed by atoms with Crippen LogP contribution in [0.25, 0.3) is 0 Å². The molecule has 0 bridgehead atoms. The molecule has 1 N–H and O–H groups in total. The Hall–Kier alpha value is -0.0800. The fourth-order valence-corrected chi connectivity index (χ4v) is 3.19. The lowest BCUT2D eigenvalue weighted by molar-refractivity contribution is 0.0198. The van der Waals surface area contributed by atoms with Gasteiger partial charge in [-0.1, -0.05) is 39.5 Å². The first-order valence-electron chi connectivity index (χ1n) is 6.86. The Bertz CT molecular complexity index is 182. The molecule has 0 aromatic heterocycles. The Kier molecular flexibility index (Phi) is 6.37. The maximum Gasteiger partial charge on any atom is 0.0574 e. The van der Waals surface area contributed by atoms with Crippen LogP contribution in [0.4, 0.5) is 0 Å². The van der Waals surface area contributed by atoms with Crippen molar-refractivity contribution in [2.75, 3.05) is 13.7 Å². The van der Waals surface area contributed by atoms with Gasteiger partial charge in [0, 0.05) is 13.7 Å². The average molecular weight is 228 g/mol. The Morgan fingerprint density at radius 1 is 1.31 bits per heavy atom. The van der Waals surface area contributed by atoms with Crippen molar-refractivity contribution in [3.8, 4) is 0 Å². The van der Waals surface area contributed by atoms with Gasteiger partial charge in [-0.05, 0) is 30.6 Å². The van der Waals surface area contributed by atoms with E-state index in [-0.39, 0.29) is 6.10 Å². The summed E-state index contributed by atoms with van der Waals surface area (Å²) in [5, 5.41) is 10.3. The minimum absolute atomic E-state index is 0.115. The van der Waals surface area contributed by atoms with Gasteiger partial charge in [0.15, 0.2) is 0 Å². The highest BCUT2D eigenvalue weighted by Crippen LogP contribution is 2.36. The fraction of sp³-hybridized carbons (Fsp3) is 1.00. The van der Waals surface area contributed by atoms with Gasteiger partial charge in [0.2, 0.25) is 0 Å². The Balaban J connectivity index is 2.40. The summed E-state index contributed by atoms with van der Waals surface area (Å²) in [6.07, 6.45) is 7.20. The van der Waals surface area contributed by atoms with Gasteiger partial charge in [-0.3, -0.25) is 0 Å². The Morgan fingerprint density at radius 3 is 2.62 bits per heavy atom. The molecule has 0 amide bonds. The molecule has 1 saturated carbocycles. The number of hydrogen-bond acceptors (Lipinski definition) is 2. The summed E-state index contributed by atoms with van der Waals surface area (Å²) in [6.45, 7) is 5.19. The number of methoxy groups -OCH3 is 1. The Morgan fingerprint density at radius 2 is 2.00 bits per heavy atom. The van der Waals surface area contributed by atoms with E-state index < -0.39 is 0 Å². The van der Waals surface area contributed by atoms with E-state index in [1.807, 2.05) is 0 Å². The molecule has 0 heterocycles. The second kappa shape index (κ2) is 7.29. The van der Waals surface area contributed by atoms with E-state index in [4.69, 9.17) is 4.74 Å². The first-order valence-corrected chi connectivity index (χ1v) is 6.86. The molecular weight excluding hydrogens is 200 g/mol. The predicted octanol–water partition coefficient (Wildman–Crippen LogP) is 3.24. The summed E-state index contributed by atoms with van der Waals surface area (Å²) >= 11 is 0. The third kappa shape index (κ3) is 4.06. The number of rotatable bonds is 6. The summed E-state index contributed by atoms with van der Waals surface area (Å²) in [5.74, 6) is 1.76. The van der Waals surface area contributed by atoms with Gasteiger partial charge >= 0.3 is 0 Å². The largest absolute Gasteiger partial charge is 0.393 e. The molecule has 2 heteroatoms. The van der Waals surface area contributed by atoms with Crippen LogP contribution in [0.2, 0.25) is 0 Å². The molecule has 4 atom stereocenters. The zero-order chi connectivity index (χ0) is 12.0. The molecule has 1 rings (SSSR count). The maximum absolute atomic E-state index is 10.3. The summed E-state index contributed by atoms with van der Waals surface area (Å²) in [6, 6.07) is 0. The van der Waals surface area contributed by atoms with Gasteiger partial charge in [-0.2, -0.15) is 0 Å². The van der Waals surface area contributed by atoms with Gasteiger partial charge in [0.05, 0.1) is 6.10 Å². The first kappa shape index (κ1) is 14.0. The molecule has 4 unspecified atom stereocenters. The van der Waals surface area contributed by atoms with Crippen molar-refractivity contribution >= 4 is 0 Å². The highest BCUT2D eigenvalue weighted by molar-refractivity contribution is 4.81. The van der Waals surface area contributed by atoms with Crippen molar-refractivity contribution in [2.45, 2.75) is 58.5 Å². The summed E-state index contributed by atoms with van der Waals surface area (Å²) < 4.78 is 5.13. The van der Waals surface area contributed by atoms with Gasteiger partial charge in [-0.15, -0.1) is 0 Å². The second-order valence-electron chi connectivity index (χ2n) is 5.48. The lowest BCUT2D eigenvalue weighted by Crippen LogP contribution is -2.32. The lowest BCUT2D eigenvalue weighted by Gasteiger charge is -2.35. The molecular formula is C14H28O2. The quantitative estimate of drug-likeness (QED) is 0.756. The Labute approximate surface area is 100 Å². The van der Waals surface area contributed by atoms with Crippen LogP contribution in [-0.2, 0) is 4.74 Å². The molecule has 1 aliphatic carbocycles. The maximum atomic E-state index is 10.3. The molecule has 1 fully saturated rings. The van der Waals surface area contributed by atoms with Crippen molar-refractivity contribution in [1.29, 1.82) is 0 Å². The van der Waals surface area contributed by atoms with Crippen molar-refractivity contribution in [1.82, 2.24) is 0 Å². The van der Waals surface area contributed by atoms with Crippen LogP contribution in [0.1, 0.15) is 52.4 Å². The number of aliphatic hydroxyl groups excluding tert-OH is 1. The molecule has 0 aliphatic heterocycles. The van der Waals surface area contributed by atoms with Gasteiger partial charge < -0.3 is 9.84 Å².